The van der Waals surface area contributed by atoms with Crippen LogP contribution in [0.3, 0.4) is 0 Å². The van der Waals surface area contributed by atoms with Crippen LogP contribution in [0, 0.1) is 0 Å². The Hall–Kier alpha value is -2.15. The summed E-state index contributed by atoms with van der Waals surface area (Å²) < 4.78 is 5.42. The first kappa shape index (κ1) is 15.2. The molecule has 1 aromatic heterocycles. The van der Waals surface area contributed by atoms with E-state index in [9.17, 15) is 9.59 Å². The van der Waals surface area contributed by atoms with Crippen LogP contribution >= 0.6 is 0 Å². The van der Waals surface area contributed by atoms with Crippen LogP contribution < -0.4 is 10.6 Å². The Morgan fingerprint density at radius 3 is 2.76 bits per heavy atom. The number of nitrogens with one attached hydrogen (secondary N) is 2. The third kappa shape index (κ3) is 4.71. The van der Waals surface area contributed by atoms with Crippen molar-refractivity contribution in [2.75, 3.05) is 11.9 Å². The maximum atomic E-state index is 11.8. The molecule has 1 saturated carbocycles. The molecule has 0 atom stereocenters. The summed E-state index contributed by atoms with van der Waals surface area (Å²) in [6.45, 7) is 2.65. The molecular weight excluding hydrogens is 274 g/mol. The number of ether oxygens (including phenoxy) is 1. The quantitative estimate of drug-likeness (QED) is 0.736. The third-order valence-corrected chi connectivity index (χ3v) is 3.25. The number of anilines is 1. The summed E-state index contributed by atoms with van der Waals surface area (Å²) in [4.78, 5) is 26.3. The zero-order chi connectivity index (χ0) is 15.2. The SMILES string of the molecule is CCOC1CC(NC(=O)Nc2ccc(CC(=O)O)nc2)C1. The average Bonchev–Trinajstić information content (AvgIpc) is 2.38. The molecule has 1 aromatic rings. The number of nitrogens with zero attached hydrogens (tertiary/aromatic N) is 1. The first-order valence-corrected chi connectivity index (χ1v) is 6.92. The summed E-state index contributed by atoms with van der Waals surface area (Å²) in [7, 11) is 0. The Labute approximate surface area is 122 Å². The van der Waals surface area contributed by atoms with Gasteiger partial charge in [-0.15, -0.1) is 0 Å². The van der Waals surface area contributed by atoms with Gasteiger partial charge in [0.25, 0.3) is 0 Å². The second kappa shape index (κ2) is 7.03. The van der Waals surface area contributed by atoms with Crippen molar-refractivity contribution in [3.8, 4) is 0 Å². The predicted molar refractivity (Wildman–Crippen MR) is 76.2 cm³/mol. The van der Waals surface area contributed by atoms with E-state index in [-0.39, 0.29) is 24.6 Å². The molecule has 1 fully saturated rings. The summed E-state index contributed by atoms with van der Waals surface area (Å²) in [5, 5.41) is 14.2. The average molecular weight is 293 g/mol. The molecule has 1 aliphatic carbocycles. The van der Waals surface area contributed by atoms with E-state index < -0.39 is 5.97 Å². The molecule has 21 heavy (non-hydrogen) atoms. The number of hydrogen-bond donors (Lipinski definition) is 3. The highest BCUT2D eigenvalue weighted by molar-refractivity contribution is 5.89. The van der Waals surface area contributed by atoms with Crippen molar-refractivity contribution in [3.05, 3.63) is 24.0 Å². The number of carbonyl (C=O) groups is 2. The van der Waals surface area contributed by atoms with E-state index in [1.54, 1.807) is 12.1 Å². The zero-order valence-corrected chi connectivity index (χ0v) is 11.8. The van der Waals surface area contributed by atoms with Crippen LogP contribution in [-0.4, -0.2) is 40.8 Å². The van der Waals surface area contributed by atoms with Gasteiger partial charge in [-0.25, -0.2) is 4.79 Å². The van der Waals surface area contributed by atoms with Crippen LogP contribution in [0.2, 0.25) is 0 Å². The monoisotopic (exact) mass is 293 g/mol. The highest BCUT2D eigenvalue weighted by Crippen LogP contribution is 2.23. The van der Waals surface area contributed by atoms with Gasteiger partial charge in [0.05, 0.1) is 30.1 Å². The second-order valence-corrected chi connectivity index (χ2v) is 4.95. The van der Waals surface area contributed by atoms with Crippen LogP contribution in [0.4, 0.5) is 10.5 Å². The summed E-state index contributed by atoms with van der Waals surface area (Å²) in [6.07, 6.45) is 3.22. The van der Waals surface area contributed by atoms with Crippen molar-refractivity contribution >= 4 is 17.7 Å². The lowest BCUT2D eigenvalue weighted by Crippen LogP contribution is -2.49. The number of urea groups is 1. The van der Waals surface area contributed by atoms with Gasteiger partial charge < -0.3 is 20.5 Å². The molecule has 0 bridgehead atoms. The lowest BCUT2D eigenvalue weighted by molar-refractivity contribution is -0.136. The van der Waals surface area contributed by atoms with Gasteiger partial charge in [0, 0.05) is 12.6 Å². The van der Waals surface area contributed by atoms with Crippen molar-refractivity contribution < 1.29 is 19.4 Å². The number of carbonyl (C=O) groups excluding carboxylic acids is 1. The van der Waals surface area contributed by atoms with E-state index in [4.69, 9.17) is 9.84 Å². The lowest BCUT2D eigenvalue weighted by atomic mass is 9.89. The Bertz CT molecular complexity index is 497. The first-order valence-electron chi connectivity index (χ1n) is 6.92. The molecule has 2 rings (SSSR count). The molecule has 0 aliphatic heterocycles. The number of aromatic nitrogens is 1. The van der Waals surface area contributed by atoms with Gasteiger partial charge >= 0.3 is 12.0 Å². The smallest absolute Gasteiger partial charge is 0.319 e. The Balaban J connectivity index is 1.74. The van der Waals surface area contributed by atoms with Gasteiger partial charge in [0.2, 0.25) is 0 Å². The number of aliphatic carboxylic acids is 1. The fourth-order valence-electron chi connectivity index (χ4n) is 2.17. The molecule has 1 heterocycles. The van der Waals surface area contributed by atoms with E-state index in [2.05, 4.69) is 15.6 Å². The number of amides is 2. The van der Waals surface area contributed by atoms with Gasteiger partial charge in [0.15, 0.2) is 0 Å². The highest BCUT2D eigenvalue weighted by Gasteiger charge is 2.30. The number of carboxylic acid groups (broad SMARTS) is 1. The van der Waals surface area contributed by atoms with Crippen LogP contribution in [0.5, 0.6) is 0 Å². The van der Waals surface area contributed by atoms with E-state index in [1.165, 1.54) is 6.20 Å². The fourth-order valence-corrected chi connectivity index (χ4v) is 2.17. The molecule has 0 aromatic carbocycles. The zero-order valence-electron chi connectivity index (χ0n) is 11.8. The van der Waals surface area contributed by atoms with E-state index in [1.807, 2.05) is 6.92 Å². The minimum absolute atomic E-state index is 0.132. The lowest BCUT2D eigenvalue weighted by Gasteiger charge is -2.35. The van der Waals surface area contributed by atoms with Crippen LogP contribution in [0.1, 0.15) is 25.5 Å². The van der Waals surface area contributed by atoms with Crippen molar-refractivity contribution in [2.45, 2.75) is 38.3 Å². The van der Waals surface area contributed by atoms with E-state index in [0.29, 0.717) is 18.0 Å². The Kier molecular flexibility index (Phi) is 5.10. The van der Waals surface area contributed by atoms with Gasteiger partial charge in [-0.1, -0.05) is 0 Å². The third-order valence-electron chi connectivity index (χ3n) is 3.25. The molecule has 7 heteroatoms. The van der Waals surface area contributed by atoms with Crippen molar-refractivity contribution in [3.63, 3.8) is 0 Å². The minimum Gasteiger partial charge on any atom is -0.481 e. The largest absolute Gasteiger partial charge is 0.481 e. The molecule has 0 spiro atoms. The predicted octanol–water partition coefficient (Wildman–Crippen LogP) is 1.40. The molecule has 1 aliphatic rings. The summed E-state index contributed by atoms with van der Waals surface area (Å²) in [6, 6.07) is 3.07. The second-order valence-electron chi connectivity index (χ2n) is 4.95. The van der Waals surface area contributed by atoms with Gasteiger partial charge in [-0.3, -0.25) is 9.78 Å². The molecule has 0 saturated heterocycles. The van der Waals surface area contributed by atoms with Gasteiger partial charge in [-0.05, 0) is 31.9 Å². The molecule has 0 unspecified atom stereocenters. The van der Waals surface area contributed by atoms with E-state index in [0.717, 1.165) is 12.8 Å². The first-order chi connectivity index (χ1) is 10.1. The molecule has 2 amide bonds. The summed E-state index contributed by atoms with van der Waals surface area (Å²) >= 11 is 0. The van der Waals surface area contributed by atoms with Crippen molar-refractivity contribution in [2.24, 2.45) is 0 Å². The molecule has 114 valence electrons. The maximum Gasteiger partial charge on any atom is 0.319 e. The summed E-state index contributed by atoms with van der Waals surface area (Å²) in [5.74, 6) is -0.935. The highest BCUT2D eigenvalue weighted by atomic mass is 16.5. The number of carboxylic acids is 1. The van der Waals surface area contributed by atoms with E-state index >= 15 is 0 Å². The van der Waals surface area contributed by atoms with Crippen molar-refractivity contribution in [1.82, 2.24) is 10.3 Å². The van der Waals surface area contributed by atoms with Gasteiger partial charge in [-0.2, -0.15) is 0 Å². The normalized spacial score (nSPS) is 20.4. The van der Waals surface area contributed by atoms with Crippen LogP contribution in [0.25, 0.3) is 0 Å². The topological polar surface area (TPSA) is 101 Å². The summed E-state index contributed by atoms with van der Waals surface area (Å²) in [5.41, 5.74) is 0.981. The van der Waals surface area contributed by atoms with Crippen LogP contribution in [-0.2, 0) is 16.0 Å². The van der Waals surface area contributed by atoms with Crippen molar-refractivity contribution in [1.29, 1.82) is 0 Å². The standard InChI is InChI=1S/C14H19N3O4/c1-2-21-12-5-11(6-12)17-14(20)16-10-4-3-9(15-8-10)7-13(18)19/h3-4,8,11-12H,2,5-7H2,1H3,(H,18,19)(H2,16,17,20). The number of hydrogen-bond acceptors (Lipinski definition) is 4. The molecule has 7 nitrogen and oxygen atoms in total. The number of rotatable bonds is 6. The van der Waals surface area contributed by atoms with Gasteiger partial charge in [0.1, 0.15) is 0 Å². The molecular formula is C14H19N3O4. The Morgan fingerprint density at radius 1 is 1.43 bits per heavy atom. The maximum absolute atomic E-state index is 11.8. The minimum atomic E-state index is -0.935. The fraction of sp³-hybridized carbons (Fsp3) is 0.500. The molecule has 3 N–H and O–H groups in total. The molecule has 0 radical (unpaired) electrons. The van der Waals surface area contributed by atoms with Crippen LogP contribution in [0.15, 0.2) is 18.3 Å². The number of pyridine rings is 1. The Morgan fingerprint density at radius 2 is 2.19 bits per heavy atom.